The van der Waals surface area contributed by atoms with E-state index in [1.165, 1.54) is 6.07 Å². The van der Waals surface area contributed by atoms with Gasteiger partial charge in [-0.1, -0.05) is 13.8 Å². The van der Waals surface area contributed by atoms with Crippen LogP contribution in [0.5, 0.6) is 0 Å². The van der Waals surface area contributed by atoms with Crippen molar-refractivity contribution in [2.24, 2.45) is 11.1 Å². The van der Waals surface area contributed by atoms with Crippen LogP contribution in [-0.4, -0.2) is 45.4 Å². The van der Waals surface area contributed by atoms with Gasteiger partial charge in [0.05, 0.1) is 11.4 Å². The second-order valence-corrected chi connectivity index (χ2v) is 8.59. The Morgan fingerprint density at radius 2 is 2.00 bits per heavy atom. The quantitative estimate of drug-likeness (QED) is 0.842. The van der Waals surface area contributed by atoms with Crippen LogP contribution in [0.3, 0.4) is 0 Å². The molecule has 1 amide bonds. The summed E-state index contributed by atoms with van der Waals surface area (Å²) in [5.41, 5.74) is 1.64. The lowest BCUT2D eigenvalue weighted by Gasteiger charge is -2.28. The van der Waals surface area contributed by atoms with E-state index in [0.29, 0.717) is 31.5 Å². The molecule has 1 aromatic rings. The molecule has 7 heteroatoms. The van der Waals surface area contributed by atoms with E-state index in [1.807, 2.05) is 7.05 Å². The molecule has 0 spiro atoms. The summed E-state index contributed by atoms with van der Waals surface area (Å²) in [6.45, 7) is 7.40. The number of fused-ring (bicyclic) bond motifs is 1. The van der Waals surface area contributed by atoms with Crippen molar-refractivity contribution in [1.29, 1.82) is 0 Å². The number of benzene rings is 1. The molecule has 2 N–H and O–H groups in total. The molecule has 6 nitrogen and oxygen atoms in total. The molecular formula is C17H27N3O3S. The van der Waals surface area contributed by atoms with Gasteiger partial charge < -0.3 is 4.90 Å². The maximum absolute atomic E-state index is 12.6. The van der Waals surface area contributed by atoms with Crippen LogP contribution in [0, 0.1) is 5.92 Å². The third-order valence-corrected chi connectivity index (χ3v) is 5.44. The third kappa shape index (κ3) is 4.34. The number of rotatable bonds is 6. The molecule has 0 bridgehead atoms. The maximum Gasteiger partial charge on any atom is 0.241 e. The van der Waals surface area contributed by atoms with Gasteiger partial charge in [0.25, 0.3) is 0 Å². The first-order valence-electron chi connectivity index (χ1n) is 8.26. The fraction of sp³-hybridized carbons (Fsp3) is 0.588. The molecule has 1 aliphatic rings. The van der Waals surface area contributed by atoms with E-state index in [0.717, 1.165) is 17.7 Å². The molecule has 1 unspecified atom stereocenters. The summed E-state index contributed by atoms with van der Waals surface area (Å²) in [5, 5.41) is 5.17. The van der Waals surface area contributed by atoms with Crippen molar-refractivity contribution < 1.29 is 13.2 Å². The van der Waals surface area contributed by atoms with Crippen molar-refractivity contribution in [2.45, 2.75) is 44.6 Å². The van der Waals surface area contributed by atoms with E-state index in [1.54, 1.807) is 17.0 Å². The number of likely N-dealkylation sites (N-methyl/N-ethyl adjacent to an activating group) is 1. The molecule has 0 saturated carbocycles. The predicted octanol–water partition coefficient (Wildman–Crippen LogP) is 1.59. The molecule has 1 aliphatic heterocycles. The molecule has 0 radical (unpaired) electrons. The number of carbonyl (C=O) groups excluding carboxylic acids is 1. The molecule has 24 heavy (non-hydrogen) atoms. The Labute approximate surface area is 144 Å². The zero-order chi connectivity index (χ0) is 18.1. The summed E-state index contributed by atoms with van der Waals surface area (Å²) in [4.78, 5) is 16.5. The van der Waals surface area contributed by atoms with Gasteiger partial charge in [-0.15, -0.1) is 0 Å². The van der Waals surface area contributed by atoms with Crippen LogP contribution in [0.1, 0.15) is 32.8 Å². The Morgan fingerprint density at radius 3 is 2.58 bits per heavy atom. The zero-order valence-corrected chi connectivity index (χ0v) is 15.6. The van der Waals surface area contributed by atoms with Crippen LogP contribution >= 0.6 is 0 Å². The summed E-state index contributed by atoms with van der Waals surface area (Å²) >= 11 is 0. The average Bonchev–Trinajstić information content (AvgIpc) is 2.88. The maximum atomic E-state index is 12.6. The van der Waals surface area contributed by atoms with Crippen molar-refractivity contribution in [3.8, 4) is 0 Å². The number of hydrogen-bond acceptors (Lipinski definition) is 4. The predicted molar refractivity (Wildman–Crippen MR) is 95.4 cm³/mol. The minimum atomic E-state index is -3.72. The van der Waals surface area contributed by atoms with Gasteiger partial charge in [-0.25, -0.2) is 13.6 Å². The van der Waals surface area contributed by atoms with E-state index < -0.39 is 10.0 Å². The first-order chi connectivity index (χ1) is 11.1. The van der Waals surface area contributed by atoms with E-state index in [9.17, 15) is 13.2 Å². The van der Waals surface area contributed by atoms with Gasteiger partial charge >= 0.3 is 0 Å². The van der Waals surface area contributed by atoms with Crippen LogP contribution in [0.15, 0.2) is 23.1 Å². The van der Waals surface area contributed by atoms with Gasteiger partial charge in [-0.2, -0.15) is 0 Å². The van der Waals surface area contributed by atoms with Crippen molar-refractivity contribution in [1.82, 2.24) is 4.90 Å². The van der Waals surface area contributed by atoms with Gasteiger partial charge in [0, 0.05) is 18.3 Å². The lowest BCUT2D eigenvalue weighted by Crippen LogP contribution is -2.41. The van der Waals surface area contributed by atoms with Gasteiger partial charge in [0.1, 0.15) is 0 Å². The Bertz CT molecular complexity index is 716. The fourth-order valence-electron chi connectivity index (χ4n) is 3.13. The molecule has 0 saturated heterocycles. The first-order valence-corrected chi connectivity index (χ1v) is 9.80. The van der Waals surface area contributed by atoms with Crippen molar-refractivity contribution in [2.75, 3.05) is 25.0 Å². The second kappa shape index (κ2) is 7.21. The van der Waals surface area contributed by atoms with Gasteiger partial charge in [0.15, 0.2) is 0 Å². The number of amides is 1. The lowest BCUT2D eigenvalue weighted by atomic mass is 10.0. The van der Waals surface area contributed by atoms with Crippen LogP contribution in [0.2, 0.25) is 0 Å². The number of anilines is 1. The van der Waals surface area contributed by atoms with E-state index in [-0.39, 0.29) is 10.8 Å². The van der Waals surface area contributed by atoms with Crippen molar-refractivity contribution >= 4 is 21.6 Å². The number of sulfonamides is 1. The topological polar surface area (TPSA) is 83.7 Å². The largest absolute Gasteiger partial charge is 0.311 e. The van der Waals surface area contributed by atoms with Crippen LogP contribution < -0.4 is 10.0 Å². The number of nitrogens with zero attached hydrogens (tertiary/aromatic N) is 2. The monoisotopic (exact) mass is 353 g/mol. The van der Waals surface area contributed by atoms with E-state index >= 15 is 0 Å². The minimum Gasteiger partial charge on any atom is -0.311 e. The van der Waals surface area contributed by atoms with E-state index in [2.05, 4.69) is 25.7 Å². The zero-order valence-electron chi connectivity index (χ0n) is 14.8. The van der Waals surface area contributed by atoms with Gasteiger partial charge in [0.2, 0.25) is 15.9 Å². The van der Waals surface area contributed by atoms with Crippen LogP contribution in [0.25, 0.3) is 0 Å². The molecular weight excluding hydrogens is 326 g/mol. The minimum absolute atomic E-state index is 0.0372. The highest BCUT2D eigenvalue weighted by molar-refractivity contribution is 7.89. The Kier molecular flexibility index (Phi) is 5.67. The Balaban J connectivity index is 2.09. The summed E-state index contributed by atoms with van der Waals surface area (Å²) in [6.07, 6.45) is 1.69. The Hall–Kier alpha value is -1.44. The molecule has 0 aromatic heterocycles. The molecule has 134 valence electrons. The molecule has 0 fully saturated rings. The fourth-order valence-corrected chi connectivity index (χ4v) is 3.70. The number of nitrogens with two attached hydrogens (primary N) is 1. The van der Waals surface area contributed by atoms with E-state index in [4.69, 9.17) is 5.14 Å². The highest BCUT2D eigenvalue weighted by Gasteiger charge is 2.27. The molecule has 2 rings (SSSR count). The second-order valence-electron chi connectivity index (χ2n) is 7.02. The highest BCUT2D eigenvalue weighted by Crippen LogP contribution is 2.30. The van der Waals surface area contributed by atoms with Crippen molar-refractivity contribution in [3.05, 3.63) is 23.8 Å². The highest BCUT2D eigenvalue weighted by atomic mass is 32.2. The normalized spacial score (nSPS) is 15.9. The number of primary sulfonamides is 1. The summed E-state index contributed by atoms with van der Waals surface area (Å²) in [6, 6.07) is 5.05. The number of hydrogen-bond donors (Lipinski definition) is 1. The van der Waals surface area contributed by atoms with Crippen LogP contribution in [0.4, 0.5) is 5.69 Å². The molecule has 1 aromatic carbocycles. The number of carbonyl (C=O) groups is 1. The molecule has 0 aliphatic carbocycles. The van der Waals surface area contributed by atoms with Gasteiger partial charge in [-0.05, 0) is 56.5 Å². The van der Waals surface area contributed by atoms with Crippen molar-refractivity contribution in [3.63, 3.8) is 0 Å². The molecule has 1 heterocycles. The third-order valence-electron chi connectivity index (χ3n) is 4.53. The van der Waals surface area contributed by atoms with Gasteiger partial charge in [-0.3, -0.25) is 9.69 Å². The first kappa shape index (κ1) is 18.9. The van der Waals surface area contributed by atoms with Crippen LogP contribution in [-0.2, 0) is 21.2 Å². The summed E-state index contributed by atoms with van der Waals surface area (Å²) < 4.78 is 22.9. The Morgan fingerprint density at radius 1 is 1.33 bits per heavy atom. The summed E-state index contributed by atoms with van der Waals surface area (Å²) in [5.74, 6) is 0.622. The standard InChI is InChI=1S/C17H27N3O3S/c1-12(2)9-13(3)19(4)11-17(21)20-8-7-14-10-15(24(18,22)23)5-6-16(14)20/h5-6,10,12-13H,7-9,11H2,1-4H3,(H2,18,22,23). The lowest BCUT2D eigenvalue weighted by molar-refractivity contribution is -0.119. The molecule has 1 atom stereocenters. The summed E-state index contributed by atoms with van der Waals surface area (Å²) in [7, 11) is -1.75. The average molecular weight is 353 g/mol. The SMILES string of the molecule is CC(C)CC(C)N(C)CC(=O)N1CCc2cc(S(N)(=O)=O)ccc21. The smallest absolute Gasteiger partial charge is 0.241 e.